The van der Waals surface area contributed by atoms with Crippen molar-refractivity contribution in [2.75, 3.05) is 6.54 Å². The third-order valence-corrected chi connectivity index (χ3v) is 4.21. The highest BCUT2D eigenvalue weighted by Gasteiger charge is 2.16. The van der Waals surface area contributed by atoms with Gasteiger partial charge in [0.15, 0.2) is 0 Å². The summed E-state index contributed by atoms with van der Waals surface area (Å²) in [4.78, 5) is 4.55. The Morgan fingerprint density at radius 3 is 2.86 bits per heavy atom. The van der Waals surface area contributed by atoms with E-state index in [4.69, 9.17) is 0 Å². The second-order valence-corrected chi connectivity index (χ2v) is 6.27. The molecule has 0 bridgehead atoms. The molecule has 21 heavy (non-hydrogen) atoms. The van der Waals surface area contributed by atoms with E-state index in [1.807, 2.05) is 6.20 Å². The predicted molar refractivity (Wildman–Crippen MR) is 91.5 cm³/mol. The maximum atomic E-state index is 4.55. The van der Waals surface area contributed by atoms with Crippen LogP contribution in [0.3, 0.4) is 0 Å². The average Bonchev–Trinajstić information content (AvgIpc) is 2.89. The standard InChI is InChI=1S/C17H24BrN3/c1-4-9-21-10-8-20-17(21)12-16(19-5-2)15-11-14(18)7-6-13(15)3/h6-8,10-11,16,19H,4-5,9,12H2,1-3H3. The molecule has 1 unspecified atom stereocenters. The normalized spacial score (nSPS) is 12.6. The van der Waals surface area contributed by atoms with Gasteiger partial charge in [0.05, 0.1) is 0 Å². The summed E-state index contributed by atoms with van der Waals surface area (Å²) in [5, 5.41) is 3.60. The first-order valence-electron chi connectivity index (χ1n) is 7.65. The fraction of sp³-hybridized carbons (Fsp3) is 0.471. The molecule has 114 valence electrons. The zero-order valence-electron chi connectivity index (χ0n) is 13.1. The monoisotopic (exact) mass is 349 g/mol. The number of aryl methyl sites for hydroxylation is 2. The van der Waals surface area contributed by atoms with Gasteiger partial charge in [-0.3, -0.25) is 0 Å². The van der Waals surface area contributed by atoms with Crippen LogP contribution in [0.4, 0.5) is 0 Å². The van der Waals surface area contributed by atoms with Crippen LogP contribution in [0.15, 0.2) is 35.1 Å². The Morgan fingerprint density at radius 2 is 2.14 bits per heavy atom. The van der Waals surface area contributed by atoms with E-state index in [0.717, 1.165) is 36.2 Å². The van der Waals surface area contributed by atoms with Gasteiger partial charge in [-0.05, 0) is 43.1 Å². The van der Waals surface area contributed by atoms with Crippen LogP contribution in [-0.4, -0.2) is 16.1 Å². The summed E-state index contributed by atoms with van der Waals surface area (Å²) >= 11 is 3.58. The number of hydrogen-bond acceptors (Lipinski definition) is 2. The van der Waals surface area contributed by atoms with Gasteiger partial charge < -0.3 is 9.88 Å². The van der Waals surface area contributed by atoms with Crippen molar-refractivity contribution in [1.82, 2.24) is 14.9 Å². The molecule has 1 aromatic heterocycles. The Hall–Kier alpha value is -1.13. The lowest BCUT2D eigenvalue weighted by Crippen LogP contribution is -2.25. The molecule has 2 aromatic rings. The van der Waals surface area contributed by atoms with Gasteiger partial charge in [0.25, 0.3) is 0 Å². The minimum absolute atomic E-state index is 0.297. The molecule has 0 radical (unpaired) electrons. The molecule has 3 nitrogen and oxygen atoms in total. The summed E-state index contributed by atoms with van der Waals surface area (Å²) in [5.41, 5.74) is 2.66. The number of benzene rings is 1. The van der Waals surface area contributed by atoms with Crippen LogP contribution in [0.2, 0.25) is 0 Å². The molecule has 1 heterocycles. The fourth-order valence-corrected chi connectivity index (χ4v) is 3.06. The summed E-state index contributed by atoms with van der Waals surface area (Å²) in [6.07, 6.45) is 6.03. The Bertz CT molecular complexity index is 577. The van der Waals surface area contributed by atoms with Gasteiger partial charge in [-0.25, -0.2) is 4.98 Å². The van der Waals surface area contributed by atoms with Crippen molar-refractivity contribution in [3.05, 3.63) is 52.0 Å². The molecule has 0 amide bonds. The van der Waals surface area contributed by atoms with Crippen LogP contribution < -0.4 is 5.32 Å². The van der Waals surface area contributed by atoms with Gasteiger partial charge in [0.1, 0.15) is 5.82 Å². The SMILES string of the molecule is CCCn1ccnc1CC(NCC)c1cc(Br)ccc1C. The van der Waals surface area contributed by atoms with Crippen molar-refractivity contribution < 1.29 is 0 Å². The molecule has 0 saturated heterocycles. The molecule has 0 spiro atoms. The number of likely N-dealkylation sites (N-methyl/N-ethyl adjacent to an activating group) is 1. The minimum Gasteiger partial charge on any atom is -0.335 e. The maximum absolute atomic E-state index is 4.55. The average molecular weight is 350 g/mol. The van der Waals surface area contributed by atoms with E-state index in [1.165, 1.54) is 11.1 Å². The first-order valence-corrected chi connectivity index (χ1v) is 8.44. The Labute approximate surface area is 135 Å². The zero-order chi connectivity index (χ0) is 15.2. The van der Waals surface area contributed by atoms with Crippen LogP contribution in [0, 0.1) is 6.92 Å². The first kappa shape index (κ1) is 16.2. The van der Waals surface area contributed by atoms with Crippen molar-refractivity contribution in [2.45, 2.75) is 46.2 Å². The smallest absolute Gasteiger partial charge is 0.110 e. The number of aromatic nitrogens is 2. The van der Waals surface area contributed by atoms with E-state index in [9.17, 15) is 0 Å². The quantitative estimate of drug-likeness (QED) is 0.809. The molecule has 1 aromatic carbocycles. The number of halogens is 1. The number of rotatable bonds is 7. The third kappa shape index (κ3) is 4.17. The summed E-state index contributed by atoms with van der Waals surface area (Å²) < 4.78 is 3.39. The molecular formula is C17H24BrN3. The highest BCUT2D eigenvalue weighted by molar-refractivity contribution is 9.10. The van der Waals surface area contributed by atoms with Crippen molar-refractivity contribution in [3.63, 3.8) is 0 Å². The van der Waals surface area contributed by atoms with Crippen LogP contribution in [0.1, 0.15) is 43.3 Å². The summed E-state index contributed by atoms with van der Waals surface area (Å²) in [6, 6.07) is 6.78. The van der Waals surface area contributed by atoms with Gasteiger partial charge in [0.2, 0.25) is 0 Å². The number of nitrogens with zero attached hydrogens (tertiary/aromatic N) is 2. The van der Waals surface area contributed by atoms with E-state index in [-0.39, 0.29) is 0 Å². The molecule has 0 aliphatic carbocycles. The Kier molecular flexibility index (Phi) is 6.00. The van der Waals surface area contributed by atoms with Gasteiger partial charge in [-0.15, -0.1) is 0 Å². The topological polar surface area (TPSA) is 29.9 Å². The van der Waals surface area contributed by atoms with Crippen LogP contribution in [0.5, 0.6) is 0 Å². The minimum atomic E-state index is 0.297. The lowest BCUT2D eigenvalue weighted by Gasteiger charge is -2.21. The van der Waals surface area contributed by atoms with E-state index >= 15 is 0 Å². The van der Waals surface area contributed by atoms with Gasteiger partial charge >= 0.3 is 0 Å². The maximum Gasteiger partial charge on any atom is 0.110 e. The zero-order valence-corrected chi connectivity index (χ0v) is 14.7. The fourth-order valence-electron chi connectivity index (χ4n) is 2.68. The molecule has 0 saturated carbocycles. The molecule has 0 aliphatic rings. The molecular weight excluding hydrogens is 326 g/mol. The van der Waals surface area contributed by atoms with Gasteiger partial charge in [0, 0.05) is 35.9 Å². The van der Waals surface area contributed by atoms with Crippen molar-refractivity contribution in [2.24, 2.45) is 0 Å². The molecule has 1 N–H and O–H groups in total. The molecule has 4 heteroatoms. The molecule has 1 atom stereocenters. The van der Waals surface area contributed by atoms with Crippen molar-refractivity contribution in [3.8, 4) is 0 Å². The van der Waals surface area contributed by atoms with Gasteiger partial charge in [-0.1, -0.05) is 35.8 Å². The third-order valence-electron chi connectivity index (χ3n) is 3.72. The highest BCUT2D eigenvalue weighted by atomic mass is 79.9. The number of hydrogen-bond donors (Lipinski definition) is 1. The van der Waals surface area contributed by atoms with Crippen LogP contribution in [0.25, 0.3) is 0 Å². The van der Waals surface area contributed by atoms with Crippen LogP contribution in [-0.2, 0) is 13.0 Å². The van der Waals surface area contributed by atoms with Crippen molar-refractivity contribution in [1.29, 1.82) is 0 Å². The van der Waals surface area contributed by atoms with Gasteiger partial charge in [-0.2, -0.15) is 0 Å². The first-order chi connectivity index (χ1) is 10.2. The van der Waals surface area contributed by atoms with Crippen molar-refractivity contribution >= 4 is 15.9 Å². The van der Waals surface area contributed by atoms with E-state index in [0.29, 0.717) is 6.04 Å². The predicted octanol–water partition coefficient (Wildman–Crippen LogP) is 4.26. The molecule has 0 fully saturated rings. The van der Waals surface area contributed by atoms with E-state index < -0.39 is 0 Å². The lowest BCUT2D eigenvalue weighted by molar-refractivity contribution is 0.514. The van der Waals surface area contributed by atoms with E-state index in [2.05, 4.69) is 76.0 Å². The summed E-state index contributed by atoms with van der Waals surface area (Å²) in [6.45, 7) is 8.50. The van der Waals surface area contributed by atoms with E-state index in [1.54, 1.807) is 0 Å². The number of nitrogens with one attached hydrogen (secondary N) is 1. The Balaban J connectivity index is 2.26. The molecule has 2 rings (SSSR count). The number of imidazole rings is 1. The Morgan fingerprint density at radius 1 is 1.33 bits per heavy atom. The summed E-state index contributed by atoms with van der Waals surface area (Å²) in [5.74, 6) is 1.15. The van der Waals surface area contributed by atoms with Crippen LogP contribution >= 0.6 is 15.9 Å². The lowest BCUT2D eigenvalue weighted by atomic mass is 9.98. The second kappa shape index (κ2) is 7.76. The summed E-state index contributed by atoms with van der Waals surface area (Å²) in [7, 11) is 0. The second-order valence-electron chi connectivity index (χ2n) is 5.35. The highest BCUT2D eigenvalue weighted by Crippen LogP contribution is 2.25. The molecule has 0 aliphatic heterocycles. The largest absolute Gasteiger partial charge is 0.335 e.